The molecule has 0 saturated carbocycles. The quantitative estimate of drug-likeness (QED) is 0.753. The second-order valence-electron chi connectivity index (χ2n) is 8.33. The second-order valence-corrected chi connectivity index (χ2v) is 8.33. The fourth-order valence-electron chi connectivity index (χ4n) is 4.76. The Bertz CT molecular complexity index is 896. The number of carbonyl (C=O) groups is 2. The van der Waals surface area contributed by atoms with Gasteiger partial charge in [0.1, 0.15) is 5.69 Å². The molecular formula is C21H28N6O2. The van der Waals surface area contributed by atoms with Crippen molar-refractivity contribution in [2.75, 3.05) is 40.3 Å². The van der Waals surface area contributed by atoms with Gasteiger partial charge in [0.15, 0.2) is 0 Å². The van der Waals surface area contributed by atoms with E-state index in [0.29, 0.717) is 25.3 Å². The lowest BCUT2D eigenvalue weighted by molar-refractivity contribution is -0.139. The average Bonchev–Trinajstić information content (AvgIpc) is 3.40. The number of carbonyl (C=O) groups excluding carboxylic acids is 2. The molecule has 0 bridgehead atoms. The number of amides is 2. The van der Waals surface area contributed by atoms with Gasteiger partial charge in [-0.25, -0.2) is 0 Å². The average molecular weight is 396 g/mol. The molecule has 0 unspecified atom stereocenters. The van der Waals surface area contributed by atoms with Gasteiger partial charge in [-0.1, -0.05) is 6.07 Å². The van der Waals surface area contributed by atoms with E-state index in [-0.39, 0.29) is 17.7 Å². The number of rotatable bonds is 5. The zero-order valence-corrected chi connectivity index (χ0v) is 17.3. The molecule has 2 saturated heterocycles. The highest BCUT2D eigenvalue weighted by Crippen LogP contribution is 2.44. The second kappa shape index (κ2) is 7.59. The van der Waals surface area contributed by atoms with E-state index >= 15 is 0 Å². The molecule has 2 aromatic rings. The Morgan fingerprint density at radius 3 is 2.72 bits per heavy atom. The Morgan fingerprint density at radius 2 is 2.07 bits per heavy atom. The van der Waals surface area contributed by atoms with Crippen LogP contribution < -0.4 is 0 Å². The monoisotopic (exact) mass is 396 g/mol. The molecule has 0 N–H and O–H groups in total. The number of aromatic nitrogens is 3. The molecule has 2 fully saturated rings. The van der Waals surface area contributed by atoms with Gasteiger partial charge < -0.3 is 9.80 Å². The summed E-state index contributed by atoms with van der Waals surface area (Å²) in [6.45, 7) is 5.95. The molecule has 0 aromatic carbocycles. The molecule has 0 aliphatic carbocycles. The molecule has 4 rings (SSSR count). The number of aryl methyl sites for hydroxylation is 1. The molecule has 8 nitrogen and oxygen atoms in total. The Morgan fingerprint density at radius 1 is 1.24 bits per heavy atom. The molecule has 0 spiro atoms. The molecule has 2 amide bonds. The van der Waals surface area contributed by atoms with E-state index in [9.17, 15) is 9.59 Å². The Labute approximate surface area is 171 Å². The molecule has 2 atom stereocenters. The number of hydrogen-bond donors (Lipinski definition) is 0. The van der Waals surface area contributed by atoms with Gasteiger partial charge in [-0.2, -0.15) is 5.10 Å². The molecule has 2 aromatic heterocycles. The molecule has 2 aliphatic rings. The number of fused-ring (bicyclic) bond motifs is 1. The first kappa shape index (κ1) is 19.6. The highest BCUT2D eigenvalue weighted by molar-refractivity contribution is 5.94. The summed E-state index contributed by atoms with van der Waals surface area (Å²) >= 11 is 0. The van der Waals surface area contributed by atoms with Crippen molar-refractivity contribution in [2.24, 2.45) is 11.3 Å². The SMILES string of the molecule is CCn1ccc(C(=O)N2C[C@@H]3CN(Cc4cccnc4)C[C@]3(C(=O)N(C)C)C2)n1. The van der Waals surface area contributed by atoms with E-state index < -0.39 is 5.41 Å². The fraction of sp³-hybridized carbons (Fsp3) is 0.524. The van der Waals surface area contributed by atoms with Gasteiger partial charge in [-0.3, -0.25) is 24.2 Å². The van der Waals surface area contributed by atoms with Crippen LogP contribution in [0.2, 0.25) is 0 Å². The van der Waals surface area contributed by atoms with Crippen LogP contribution in [0.5, 0.6) is 0 Å². The number of nitrogens with zero attached hydrogens (tertiary/aromatic N) is 6. The molecule has 8 heteroatoms. The molecule has 4 heterocycles. The van der Waals surface area contributed by atoms with Crippen LogP contribution in [0.4, 0.5) is 0 Å². The smallest absolute Gasteiger partial charge is 0.274 e. The summed E-state index contributed by atoms with van der Waals surface area (Å²) in [6, 6.07) is 5.75. The van der Waals surface area contributed by atoms with Crippen LogP contribution in [0, 0.1) is 11.3 Å². The minimum absolute atomic E-state index is 0.0867. The first-order valence-electron chi connectivity index (χ1n) is 10.1. The van der Waals surface area contributed by atoms with E-state index in [1.165, 1.54) is 0 Å². The normalized spacial score (nSPS) is 24.0. The highest BCUT2D eigenvalue weighted by Gasteiger charge is 2.58. The Kier molecular flexibility index (Phi) is 5.12. The summed E-state index contributed by atoms with van der Waals surface area (Å²) in [6.07, 6.45) is 5.46. The third kappa shape index (κ3) is 3.53. The van der Waals surface area contributed by atoms with Gasteiger partial charge in [0.2, 0.25) is 5.91 Å². The number of likely N-dealkylation sites (tertiary alicyclic amines) is 2. The third-order valence-corrected chi connectivity index (χ3v) is 6.11. The third-order valence-electron chi connectivity index (χ3n) is 6.11. The van der Waals surface area contributed by atoms with Crippen molar-refractivity contribution in [3.05, 3.63) is 48.0 Å². The minimum atomic E-state index is -0.561. The van der Waals surface area contributed by atoms with Crippen molar-refractivity contribution in [1.82, 2.24) is 29.5 Å². The summed E-state index contributed by atoms with van der Waals surface area (Å²) < 4.78 is 1.75. The maximum absolute atomic E-state index is 13.2. The van der Waals surface area contributed by atoms with E-state index in [0.717, 1.165) is 25.2 Å². The highest BCUT2D eigenvalue weighted by atomic mass is 16.2. The van der Waals surface area contributed by atoms with Crippen LogP contribution >= 0.6 is 0 Å². The Hall–Kier alpha value is -2.74. The minimum Gasteiger partial charge on any atom is -0.348 e. The van der Waals surface area contributed by atoms with Crippen molar-refractivity contribution < 1.29 is 9.59 Å². The van der Waals surface area contributed by atoms with Crippen LogP contribution in [0.15, 0.2) is 36.8 Å². The van der Waals surface area contributed by atoms with Gasteiger partial charge in [0, 0.05) is 77.9 Å². The summed E-state index contributed by atoms with van der Waals surface area (Å²) in [5.41, 5.74) is 1.03. The molecule has 2 aliphatic heterocycles. The van der Waals surface area contributed by atoms with Crippen molar-refractivity contribution in [3.63, 3.8) is 0 Å². The number of hydrogen-bond acceptors (Lipinski definition) is 5. The molecular weight excluding hydrogens is 368 g/mol. The lowest BCUT2D eigenvalue weighted by Crippen LogP contribution is -2.47. The van der Waals surface area contributed by atoms with E-state index in [1.54, 1.807) is 35.9 Å². The van der Waals surface area contributed by atoms with Crippen LogP contribution in [-0.4, -0.2) is 81.6 Å². The van der Waals surface area contributed by atoms with Crippen molar-refractivity contribution in [1.29, 1.82) is 0 Å². The zero-order valence-electron chi connectivity index (χ0n) is 17.3. The van der Waals surface area contributed by atoms with Crippen LogP contribution in [0.25, 0.3) is 0 Å². The lowest BCUT2D eigenvalue weighted by Gasteiger charge is -2.30. The van der Waals surface area contributed by atoms with Crippen molar-refractivity contribution in [3.8, 4) is 0 Å². The fourth-order valence-corrected chi connectivity index (χ4v) is 4.76. The van der Waals surface area contributed by atoms with Crippen LogP contribution in [0.3, 0.4) is 0 Å². The van der Waals surface area contributed by atoms with Crippen molar-refractivity contribution >= 4 is 11.8 Å². The summed E-state index contributed by atoms with van der Waals surface area (Å²) in [5.74, 6) is 0.133. The predicted octanol–water partition coefficient (Wildman–Crippen LogP) is 0.960. The molecule has 29 heavy (non-hydrogen) atoms. The summed E-state index contributed by atoms with van der Waals surface area (Å²) in [5, 5.41) is 4.35. The Balaban J connectivity index is 1.54. The van der Waals surface area contributed by atoms with E-state index in [4.69, 9.17) is 0 Å². The predicted molar refractivity (Wildman–Crippen MR) is 108 cm³/mol. The largest absolute Gasteiger partial charge is 0.348 e. The first-order valence-corrected chi connectivity index (χ1v) is 10.1. The van der Waals surface area contributed by atoms with E-state index in [2.05, 4.69) is 21.0 Å². The molecule has 154 valence electrons. The maximum Gasteiger partial charge on any atom is 0.274 e. The molecule has 0 radical (unpaired) electrons. The van der Waals surface area contributed by atoms with Gasteiger partial charge in [-0.15, -0.1) is 0 Å². The van der Waals surface area contributed by atoms with Gasteiger partial charge in [0.05, 0.1) is 5.41 Å². The summed E-state index contributed by atoms with van der Waals surface area (Å²) in [4.78, 5) is 36.2. The van der Waals surface area contributed by atoms with Gasteiger partial charge in [-0.05, 0) is 24.6 Å². The van der Waals surface area contributed by atoms with Gasteiger partial charge >= 0.3 is 0 Å². The zero-order chi connectivity index (χ0) is 20.6. The first-order chi connectivity index (χ1) is 13.9. The van der Waals surface area contributed by atoms with Gasteiger partial charge in [0.25, 0.3) is 5.91 Å². The van der Waals surface area contributed by atoms with Crippen molar-refractivity contribution in [2.45, 2.75) is 20.0 Å². The van der Waals surface area contributed by atoms with E-state index in [1.807, 2.05) is 30.3 Å². The standard InChI is InChI=1S/C21H28N6O2/c1-4-27-9-7-18(23-27)19(28)26-13-17-12-25(11-16-6-5-8-22-10-16)14-21(17,15-26)20(29)24(2)3/h5-10,17H,4,11-15H2,1-3H3/t17-,21-/m0/s1. The maximum atomic E-state index is 13.2. The lowest BCUT2D eigenvalue weighted by atomic mass is 9.80. The van der Waals surface area contributed by atoms with Crippen LogP contribution in [-0.2, 0) is 17.9 Å². The topological polar surface area (TPSA) is 74.6 Å². The number of pyridine rings is 1. The summed E-state index contributed by atoms with van der Waals surface area (Å²) in [7, 11) is 3.59. The van der Waals surface area contributed by atoms with Crippen LogP contribution in [0.1, 0.15) is 23.0 Å².